The average Bonchev–Trinajstić information content (AvgIpc) is 2.47. The number of nitrogens with zero attached hydrogens (tertiary/aromatic N) is 2. The van der Waals surface area contributed by atoms with Gasteiger partial charge in [-0.2, -0.15) is 0 Å². The van der Waals surface area contributed by atoms with Crippen molar-refractivity contribution in [2.24, 2.45) is 0 Å². The molecule has 0 saturated heterocycles. The molecule has 0 radical (unpaired) electrons. The fourth-order valence-corrected chi connectivity index (χ4v) is 1.63. The van der Waals surface area contributed by atoms with Crippen LogP contribution < -0.4 is 10.6 Å². The smallest absolute Gasteiger partial charge is 0.131 e. The topological polar surface area (TPSA) is 59.1 Å². The summed E-state index contributed by atoms with van der Waals surface area (Å²) in [7, 11) is 1.65. The summed E-state index contributed by atoms with van der Waals surface area (Å²) in [5.74, 6) is 1.21. The van der Waals surface area contributed by atoms with Crippen LogP contribution in [0.2, 0.25) is 0 Å². The first kappa shape index (κ1) is 14.2. The number of halogens is 1. The van der Waals surface area contributed by atoms with Gasteiger partial charge in [0.05, 0.1) is 6.61 Å². The highest BCUT2D eigenvalue weighted by Gasteiger charge is 1.99. The Kier molecular flexibility index (Phi) is 5.25. The van der Waals surface area contributed by atoms with E-state index in [4.69, 9.17) is 4.74 Å². The van der Waals surface area contributed by atoms with Gasteiger partial charge in [0.25, 0.3) is 0 Å². The Labute approximate surface area is 117 Å². The van der Waals surface area contributed by atoms with Gasteiger partial charge in [-0.1, -0.05) is 12.1 Å². The van der Waals surface area contributed by atoms with Crippen molar-refractivity contribution in [3.8, 4) is 0 Å². The molecule has 20 heavy (non-hydrogen) atoms. The Hall–Kier alpha value is -2.21. The van der Waals surface area contributed by atoms with E-state index in [1.165, 1.54) is 18.5 Å². The molecule has 0 fully saturated rings. The number of hydrogen-bond acceptors (Lipinski definition) is 5. The summed E-state index contributed by atoms with van der Waals surface area (Å²) in [6.45, 7) is 1.88. The maximum absolute atomic E-state index is 12.8. The molecule has 1 aromatic heterocycles. The van der Waals surface area contributed by atoms with Gasteiger partial charge in [-0.3, -0.25) is 0 Å². The fraction of sp³-hybridized carbons (Fsp3) is 0.286. The minimum absolute atomic E-state index is 0.236. The van der Waals surface area contributed by atoms with Gasteiger partial charge in [0.15, 0.2) is 0 Å². The molecule has 0 spiro atoms. The van der Waals surface area contributed by atoms with Crippen LogP contribution in [0.15, 0.2) is 36.7 Å². The minimum Gasteiger partial charge on any atom is -0.383 e. The van der Waals surface area contributed by atoms with Gasteiger partial charge < -0.3 is 15.4 Å². The van der Waals surface area contributed by atoms with Crippen molar-refractivity contribution in [2.75, 3.05) is 30.9 Å². The first-order valence-corrected chi connectivity index (χ1v) is 6.31. The SMILES string of the molecule is COCCNc1cc(NCc2ccc(F)cc2)ncn1. The molecule has 106 valence electrons. The quantitative estimate of drug-likeness (QED) is 0.760. The van der Waals surface area contributed by atoms with Crippen molar-refractivity contribution >= 4 is 11.6 Å². The molecular weight excluding hydrogens is 259 g/mol. The summed E-state index contributed by atoms with van der Waals surface area (Å²) in [5.41, 5.74) is 0.985. The van der Waals surface area contributed by atoms with Crippen LogP contribution in [0.1, 0.15) is 5.56 Å². The predicted molar refractivity (Wildman–Crippen MR) is 76.1 cm³/mol. The van der Waals surface area contributed by atoms with Gasteiger partial charge in [-0.25, -0.2) is 14.4 Å². The van der Waals surface area contributed by atoms with Crippen molar-refractivity contribution in [3.05, 3.63) is 48.0 Å². The molecule has 0 aliphatic carbocycles. The lowest BCUT2D eigenvalue weighted by atomic mass is 10.2. The fourth-order valence-electron chi connectivity index (χ4n) is 1.63. The van der Waals surface area contributed by atoms with Gasteiger partial charge in [-0.15, -0.1) is 0 Å². The molecule has 1 aromatic carbocycles. The van der Waals surface area contributed by atoms with E-state index in [0.29, 0.717) is 25.5 Å². The summed E-state index contributed by atoms with van der Waals surface area (Å²) in [5, 5.41) is 6.29. The number of anilines is 2. The van der Waals surface area contributed by atoms with Crippen LogP contribution in [0, 0.1) is 5.82 Å². The summed E-state index contributed by atoms with van der Waals surface area (Å²) in [4.78, 5) is 8.24. The number of hydrogen-bond donors (Lipinski definition) is 2. The van der Waals surface area contributed by atoms with Gasteiger partial charge >= 0.3 is 0 Å². The lowest BCUT2D eigenvalue weighted by Crippen LogP contribution is -2.09. The van der Waals surface area contributed by atoms with E-state index >= 15 is 0 Å². The number of benzene rings is 1. The second kappa shape index (κ2) is 7.40. The van der Waals surface area contributed by atoms with Crippen molar-refractivity contribution in [1.29, 1.82) is 0 Å². The first-order valence-electron chi connectivity index (χ1n) is 6.31. The molecule has 5 nitrogen and oxygen atoms in total. The molecule has 0 atom stereocenters. The molecule has 0 saturated carbocycles. The third-order valence-corrected chi connectivity index (χ3v) is 2.67. The van der Waals surface area contributed by atoms with Gasteiger partial charge in [0.1, 0.15) is 23.8 Å². The standard InChI is InChI=1S/C14H17FN4O/c1-20-7-6-16-13-8-14(19-10-18-13)17-9-11-2-4-12(15)5-3-11/h2-5,8,10H,6-7,9H2,1H3,(H2,16,17,18,19). The van der Waals surface area contributed by atoms with E-state index in [1.807, 2.05) is 6.07 Å². The Morgan fingerprint density at radius 2 is 1.80 bits per heavy atom. The van der Waals surface area contributed by atoms with E-state index in [0.717, 1.165) is 11.4 Å². The molecule has 0 aliphatic heterocycles. The Morgan fingerprint density at radius 3 is 2.50 bits per heavy atom. The summed E-state index contributed by atoms with van der Waals surface area (Å²) < 4.78 is 17.7. The lowest BCUT2D eigenvalue weighted by molar-refractivity contribution is 0.210. The highest BCUT2D eigenvalue weighted by molar-refractivity contribution is 5.46. The second-order valence-electron chi connectivity index (χ2n) is 4.19. The zero-order valence-corrected chi connectivity index (χ0v) is 11.3. The molecule has 0 amide bonds. The van der Waals surface area contributed by atoms with E-state index in [2.05, 4.69) is 20.6 Å². The van der Waals surface area contributed by atoms with Crippen LogP contribution >= 0.6 is 0 Å². The molecule has 0 bridgehead atoms. The second-order valence-corrected chi connectivity index (χ2v) is 4.19. The van der Waals surface area contributed by atoms with Crippen molar-refractivity contribution < 1.29 is 9.13 Å². The number of rotatable bonds is 7. The number of aromatic nitrogens is 2. The normalized spacial score (nSPS) is 10.3. The Bertz CT molecular complexity index is 533. The van der Waals surface area contributed by atoms with Crippen molar-refractivity contribution in [3.63, 3.8) is 0 Å². The van der Waals surface area contributed by atoms with E-state index in [-0.39, 0.29) is 5.82 Å². The van der Waals surface area contributed by atoms with Crippen LogP contribution in [0.5, 0.6) is 0 Å². The molecular formula is C14H17FN4O. The zero-order valence-electron chi connectivity index (χ0n) is 11.3. The van der Waals surface area contributed by atoms with E-state index in [1.54, 1.807) is 19.2 Å². The lowest BCUT2D eigenvalue weighted by Gasteiger charge is -2.08. The largest absolute Gasteiger partial charge is 0.383 e. The van der Waals surface area contributed by atoms with Gasteiger partial charge in [0.2, 0.25) is 0 Å². The van der Waals surface area contributed by atoms with Crippen LogP contribution in [0.3, 0.4) is 0 Å². The van der Waals surface area contributed by atoms with Gasteiger partial charge in [0, 0.05) is 26.3 Å². The predicted octanol–water partition coefficient (Wildman–Crippen LogP) is 2.29. The zero-order chi connectivity index (χ0) is 14.2. The maximum atomic E-state index is 12.8. The minimum atomic E-state index is -0.236. The van der Waals surface area contributed by atoms with Crippen LogP contribution in [-0.2, 0) is 11.3 Å². The number of ether oxygens (including phenoxy) is 1. The molecule has 2 rings (SSSR count). The number of methoxy groups -OCH3 is 1. The Morgan fingerprint density at radius 1 is 1.10 bits per heavy atom. The molecule has 2 N–H and O–H groups in total. The summed E-state index contributed by atoms with van der Waals surface area (Å²) in [6.07, 6.45) is 1.49. The monoisotopic (exact) mass is 276 g/mol. The third kappa shape index (κ3) is 4.47. The van der Waals surface area contributed by atoms with Crippen LogP contribution in [-0.4, -0.2) is 30.2 Å². The van der Waals surface area contributed by atoms with Crippen molar-refractivity contribution in [1.82, 2.24) is 9.97 Å². The summed E-state index contributed by atoms with van der Waals surface area (Å²) in [6, 6.07) is 8.17. The van der Waals surface area contributed by atoms with E-state index < -0.39 is 0 Å². The van der Waals surface area contributed by atoms with Crippen LogP contribution in [0.4, 0.5) is 16.0 Å². The first-order chi connectivity index (χ1) is 9.78. The maximum Gasteiger partial charge on any atom is 0.131 e. The average molecular weight is 276 g/mol. The van der Waals surface area contributed by atoms with Gasteiger partial charge in [-0.05, 0) is 17.7 Å². The van der Waals surface area contributed by atoms with Crippen molar-refractivity contribution in [2.45, 2.75) is 6.54 Å². The molecule has 0 unspecified atom stereocenters. The van der Waals surface area contributed by atoms with Crippen LogP contribution in [0.25, 0.3) is 0 Å². The molecule has 1 heterocycles. The molecule has 0 aliphatic rings. The third-order valence-electron chi connectivity index (χ3n) is 2.67. The van der Waals surface area contributed by atoms with E-state index in [9.17, 15) is 4.39 Å². The highest BCUT2D eigenvalue weighted by atomic mass is 19.1. The molecule has 6 heteroatoms. The Balaban J connectivity index is 1.89. The molecule has 2 aromatic rings. The highest BCUT2D eigenvalue weighted by Crippen LogP contribution is 2.10. The number of nitrogens with one attached hydrogen (secondary N) is 2. The summed E-state index contributed by atoms with van der Waals surface area (Å²) >= 11 is 0.